The predicted octanol–water partition coefficient (Wildman–Crippen LogP) is 2.69. The number of halogens is 2. The van der Waals surface area contributed by atoms with Crippen LogP contribution in [0.1, 0.15) is 18.9 Å². The highest BCUT2D eigenvalue weighted by Gasteiger charge is 2.12. The second kappa shape index (κ2) is 6.24. The van der Waals surface area contributed by atoms with Crippen molar-refractivity contribution in [3.05, 3.63) is 33.8 Å². The van der Waals surface area contributed by atoms with Gasteiger partial charge in [0.05, 0.1) is 0 Å². The summed E-state index contributed by atoms with van der Waals surface area (Å²) >= 11 is 11.8. The lowest BCUT2D eigenvalue weighted by molar-refractivity contribution is -0.130. The van der Waals surface area contributed by atoms with E-state index in [-0.39, 0.29) is 11.9 Å². The SMILES string of the molecule is CC(N)CC(=O)N(C)Cc1ccc(Cl)cc1Cl. The fourth-order valence-electron chi connectivity index (χ4n) is 1.42. The summed E-state index contributed by atoms with van der Waals surface area (Å²) in [5.41, 5.74) is 6.46. The smallest absolute Gasteiger partial charge is 0.224 e. The average molecular weight is 275 g/mol. The predicted molar refractivity (Wildman–Crippen MR) is 71.2 cm³/mol. The van der Waals surface area contributed by atoms with Gasteiger partial charge in [-0.1, -0.05) is 29.3 Å². The average Bonchev–Trinajstić information content (AvgIpc) is 2.21. The number of benzene rings is 1. The first-order valence-electron chi connectivity index (χ1n) is 5.33. The zero-order valence-corrected chi connectivity index (χ0v) is 11.4. The molecule has 17 heavy (non-hydrogen) atoms. The number of nitrogens with two attached hydrogens (primary N) is 1. The van der Waals surface area contributed by atoms with Gasteiger partial charge in [0.25, 0.3) is 0 Å². The van der Waals surface area contributed by atoms with Crippen LogP contribution < -0.4 is 5.73 Å². The molecule has 0 spiro atoms. The van der Waals surface area contributed by atoms with Crippen LogP contribution in [0.25, 0.3) is 0 Å². The molecule has 0 aliphatic heterocycles. The lowest BCUT2D eigenvalue weighted by atomic mass is 10.2. The Kier molecular flexibility index (Phi) is 5.25. The maximum absolute atomic E-state index is 11.7. The van der Waals surface area contributed by atoms with Crippen molar-refractivity contribution in [3.63, 3.8) is 0 Å². The maximum atomic E-state index is 11.7. The first-order valence-corrected chi connectivity index (χ1v) is 6.09. The Labute approximate surface area is 111 Å². The van der Waals surface area contributed by atoms with Gasteiger partial charge >= 0.3 is 0 Å². The van der Waals surface area contributed by atoms with Crippen molar-refractivity contribution in [3.8, 4) is 0 Å². The molecule has 2 N–H and O–H groups in total. The summed E-state index contributed by atoms with van der Waals surface area (Å²) in [7, 11) is 1.73. The summed E-state index contributed by atoms with van der Waals surface area (Å²) in [6.45, 7) is 2.27. The van der Waals surface area contributed by atoms with Gasteiger partial charge in [0.15, 0.2) is 0 Å². The third-order valence-electron chi connectivity index (χ3n) is 2.34. The molecule has 1 amide bonds. The Balaban J connectivity index is 2.67. The van der Waals surface area contributed by atoms with Gasteiger partial charge in [-0.2, -0.15) is 0 Å². The molecule has 0 aliphatic carbocycles. The Bertz CT molecular complexity index is 407. The third kappa shape index (κ3) is 4.54. The van der Waals surface area contributed by atoms with Crippen molar-refractivity contribution in [2.45, 2.75) is 25.9 Å². The van der Waals surface area contributed by atoms with Crippen molar-refractivity contribution >= 4 is 29.1 Å². The van der Waals surface area contributed by atoms with E-state index in [0.29, 0.717) is 23.0 Å². The van der Waals surface area contributed by atoms with E-state index in [2.05, 4.69) is 0 Å². The molecule has 1 unspecified atom stereocenters. The van der Waals surface area contributed by atoms with Crippen LogP contribution in [0.3, 0.4) is 0 Å². The van der Waals surface area contributed by atoms with Gasteiger partial charge in [-0.15, -0.1) is 0 Å². The molecule has 0 aliphatic rings. The number of hydrogen-bond donors (Lipinski definition) is 1. The second-order valence-corrected chi connectivity index (χ2v) is 5.01. The fraction of sp³-hybridized carbons (Fsp3) is 0.417. The van der Waals surface area contributed by atoms with Gasteiger partial charge in [-0.25, -0.2) is 0 Å². The molecule has 0 saturated heterocycles. The summed E-state index contributed by atoms with van der Waals surface area (Å²) < 4.78 is 0. The number of amides is 1. The molecule has 0 heterocycles. The van der Waals surface area contributed by atoms with E-state index in [9.17, 15) is 4.79 Å². The summed E-state index contributed by atoms with van der Waals surface area (Å²) in [6.07, 6.45) is 0.335. The second-order valence-electron chi connectivity index (χ2n) is 4.17. The number of carbonyl (C=O) groups excluding carboxylic acids is 1. The Morgan fingerprint density at radius 3 is 2.65 bits per heavy atom. The fourth-order valence-corrected chi connectivity index (χ4v) is 1.89. The van der Waals surface area contributed by atoms with Gasteiger partial charge in [-0.05, 0) is 24.6 Å². The van der Waals surface area contributed by atoms with Crippen LogP contribution in [0.5, 0.6) is 0 Å². The third-order valence-corrected chi connectivity index (χ3v) is 2.93. The Morgan fingerprint density at radius 2 is 2.12 bits per heavy atom. The first-order chi connectivity index (χ1) is 7.90. The summed E-state index contributed by atoms with van der Waals surface area (Å²) in [6, 6.07) is 5.11. The first kappa shape index (κ1) is 14.3. The molecule has 0 saturated carbocycles. The van der Waals surface area contributed by atoms with Gasteiger partial charge in [0.2, 0.25) is 5.91 Å². The van der Waals surface area contributed by atoms with Crippen molar-refractivity contribution < 1.29 is 4.79 Å². The summed E-state index contributed by atoms with van der Waals surface area (Å²) in [4.78, 5) is 13.3. The van der Waals surface area contributed by atoms with E-state index in [0.717, 1.165) is 5.56 Å². The van der Waals surface area contributed by atoms with Gasteiger partial charge < -0.3 is 10.6 Å². The number of rotatable bonds is 4. The molecule has 94 valence electrons. The Morgan fingerprint density at radius 1 is 1.47 bits per heavy atom. The van der Waals surface area contributed by atoms with E-state index in [1.54, 1.807) is 31.0 Å². The van der Waals surface area contributed by atoms with Crippen LogP contribution in [-0.4, -0.2) is 23.9 Å². The number of hydrogen-bond acceptors (Lipinski definition) is 2. The van der Waals surface area contributed by atoms with E-state index in [4.69, 9.17) is 28.9 Å². The molecular formula is C12H16Cl2N2O. The monoisotopic (exact) mass is 274 g/mol. The highest BCUT2D eigenvalue weighted by Crippen LogP contribution is 2.22. The molecule has 5 heteroatoms. The van der Waals surface area contributed by atoms with Crippen LogP contribution in [0, 0.1) is 0 Å². The van der Waals surface area contributed by atoms with Crippen LogP contribution in [-0.2, 0) is 11.3 Å². The molecule has 1 aromatic carbocycles. The normalized spacial score (nSPS) is 12.3. The zero-order chi connectivity index (χ0) is 13.0. The Hall–Kier alpha value is -0.770. The quantitative estimate of drug-likeness (QED) is 0.918. The van der Waals surface area contributed by atoms with Crippen LogP contribution in [0.4, 0.5) is 0 Å². The molecule has 0 bridgehead atoms. The largest absolute Gasteiger partial charge is 0.341 e. The van der Waals surface area contributed by atoms with Crippen LogP contribution in [0.15, 0.2) is 18.2 Å². The van der Waals surface area contributed by atoms with Crippen molar-refractivity contribution in [2.75, 3.05) is 7.05 Å². The zero-order valence-electron chi connectivity index (χ0n) is 9.91. The maximum Gasteiger partial charge on any atom is 0.224 e. The minimum Gasteiger partial charge on any atom is -0.341 e. The number of carbonyl (C=O) groups is 1. The van der Waals surface area contributed by atoms with Gasteiger partial charge in [-0.3, -0.25) is 4.79 Å². The van der Waals surface area contributed by atoms with Crippen molar-refractivity contribution in [1.82, 2.24) is 4.90 Å². The van der Waals surface area contributed by atoms with Gasteiger partial charge in [0, 0.05) is 36.1 Å². The standard InChI is InChI=1S/C12H16Cl2N2O/c1-8(15)5-12(17)16(2)7-9-3-4-10(13)6-11(9)14/h3-4,6,8H,5,7,15H2,1-2H3. The van der Waals surface area contributed by atoms with Crippen molar-refractivity contribution in [2.24, 2.45) is 5.73 Å². The minimum absolute atomic E-state index is 0.00557. The molecule has 0 aromatic heterocycles. The van der Waals surface area contributed by atoms with Crippen LogP contribution >= 0.6 is 23.2 Å². The van der Waals surface area contributed by atoms with E-state index < -0.39 is 0 Å². The molecule has 0 fully saturated rings. The molecule has 1 aromatic rings. The lowest BCUT2D eigenvalue weighted by Crippen LogP contribution is -2.31. The van der Waals surface area contributed by atoms with E-state index >= 15 is 0 Å². The highest BCUT2D eigenvalue weighted by molar-refractivity contribution is 6.35. The molecule has 3 nitrogen and oxygen atoms in total. The molecule has 1 rings (SSSR count). The minimum atomic E-state index is -0.134. The summed E-state index contributed by atoms with van der Waals surface area (Å²) in [5, 5.41) is 1.15. The molecular weight excluding hydrogens is 259 g/mol. The highest BCUT2D eigenvalue weighted by atomic mass is 35.5. The van der Waals surface area contributed by atoms with E-state index in [1.165, 1.54) is 0 Å². The van der Waals surface area contributed by atoms with Crippen molar-refractivity contribution in [1.29, 1.82) is 0 Å². The topological polar surface area (TPSA) is 46.3 Å². The lowest BCUT2D eigenvalue weighted by Gasteiger charge is -2.19. The molecule has 0 radical (unpaired) electrons. The van der Waals surface area contributed by atoms with Gasteiger partial charge in [0.1, 0.15) is 0 Å². The van der Waals surface area contributed by atoms with E-state index in [1.807, 2.05) is 6.07 Å². The number of nitrogens with zero attached hydrogens (tertiary/aromatic N) is 1. The van der Waals surface area contributed by atoms with Crippen LogP contribution in [0.2, 0.25) is 10.0 Å². The molecule has 1 atom stereocenters. The summed E-state index contributed by atoms with van der Waals surface area (Å²) in [5.74, 6) is 0.00557.